The number of thiazole rings is 1. The van der Waals surface area contributed by atoms with Crippen LogP contribution in [0.4, 0.5) is 9.52 Å². The molecule has 0 bridgehead atoms. The van der Waals surface area contributed by atoms with Crippen molar-refractivity contribution in [3.8, 4) is 0 Å². The van der Waals surface area contributed by atoms with Gasteiger partial charge < -0.3 is 5.11 Å². The topological polar surface area (TPSA) is 96.4 Å². The summed E-state index contributed by atoms with van der Waals surface area (Å²) in [5.41, 5.74) is -0.126. The summed E-state index contributed by atoms with van der Waals surface area (Å²) in [5.74, 6) is -2.89. The Hall–Kier alpha value is -1.52. The minimum Gasteiger partial charge on any atom is -0.478 e. The van der Waals surface area contributed by atoms with E-state index in [0.717, 1.165) is 23.5 Å². The van der Waals surface area contributed by atoms with Crippen molar-refractivity contribution < 1.29 is 22.7 Å². The summed E-state index contributed by atoms with van der Waals surface area (Å²) in [5, 5.41) is 10.6. The highest BCUT2D eigenvalue weighted by Crippen LogP contribution is 2.26. The van der Waals surface area contributed by atoms with E-state index < -0.39 is 32.3 Å². The Morgan fingerprint density at radius 3 is 2.67 bits per heavy atom. The van der Waals surface area contributed by atoms with Gasteiger partial charge in [0.2, 0.25) is 0 Å². The Bertz CT molecular complexity index is 820. The molecule has 0 atom stereocenters. The summed E-state index contributed by atoms with van der Waals surface area (Å²) in [4.78, 5) is 14.1. The van der Waals surface area contributed by atoms with E-state index >= 15 is 0 Å². The lowest BCUT2D eigenvalue weighted by molar-refractivity contribution is 0.0691. The van der Waals surface area contributed by atoms with Gasteiger partial charge in [0.1, 0.15) is 4.90 Å². The predicted octanol–water partition coefficient (Wildman–Crippen LogP) is 2.85. The normalized spacial score (nSPS) is 11.4. The fraction of sp³-hybridized carbons (Fsp3) is 0.0909. The second-order valence-electron chi connectivity index (χ2n) is 3.97. The predicted molar refractivity (Wildman–Crippen MR) is 78.7 cm³/mol. The van der Waals surface area contributed by atoms with E-state index in [0.29, 0.717) is 5.69 Å². The average Bonchev–Trinajstić information content (AvgIpc) is 2.76. The molecular formula is C11H8BrFN2O4S2. The quantitative estimate of drug-likeness (QED) is 0.830. The van der Waals surface area contributed by atoms with Gasteiger partial charge in [-0.3, -0.25) is 4.72 Å². The molecule has 112 valence electrons. The van der Waals surface area contributed by atoms with Crippen LogP contribution in [0.3, 0.4) is 0 Å². The van der Waals surface area contributed by atoms with Crippen LogP contribution in [-0.2, 0) is 10.0 Å². The van der Waals surface area contributed by atoms with E-state index in [1.165, 1.54) is 0 Å². The molecule has 10 heteroatoms. The third-order valence-corrected chi connectivity index (χ3v) is 5.17. The lowest BCUT2D eigenvalue weighted by atomic mass is 10.2. The van der Waals surface area contributed by atoms with Crippen molar-refractivity contribution >= 4 is 48.4 Å². The molecule has 0 saturated heterocycles. The highest BCUT2D eigenvalue weighted by molar-refractivity contribution is 9.10. The first kappa shape index (κ1) is 15.9. The molecular weight excluding hydrogens is 387 g/mol. The van der Waals surface area contributed by atoms with Gasteiger partial charge in [0.05, 0.1) is 11.3 Å². The summed E-state index contributed by atoms with van der Waals surface area (Å²) < 4.78 is 40.6. The van der Waals surface area contributed by atoms with Gasteiger partial charge in [0.25, 0.3) is 10.0 Å². The number of carboxylic acids is 1. The molecule has 0 aliphatic rings. The number of hydrogen-bond donors (Lipinski definition) is 2. The zero-order valence-corrected chi connectivity index (χ0v) is 13.6. The molecule has 1 heterocycles. The Balaban J connectivity index is 2.52. The molecule has 2 aromatic rings. The van der Waals surface area contributed by atoms with Gasteiger partial charge in [-0.1, -0.05) is 15.9 Å². The molecule has 0 unspecified atom stereocenters. The number of halogens is 2. The van der Waals surface area contributed by atoms with Crippen LogP contribution in [0.25, 0.3) is 0 Å². The molecule has 2 rings (SSSR count). The molecule has 6 nitrogen and oxygen atoms in total. The van der Waals surface area contributed by atoms with Crippen LogP contribution in [0.5, 0.6) is 0 Å². The first-order valence-electron chi connectivity index (χ1n) is 5.38. The van der Waals surface area contributed by atoms with Crippen molar-refractivity contribution in [1.29, 1.82) is 0 Å². The molecule has 0 aliphatic heterocycles. The van der Waals surface area contributed by atoms with Crippen LogP contribution in [0.2, 0.25) is 0 Å². The van der Waals surface area contributed by atoms with Crippen molar-refractivity contribution in [2.45, 2.75) is 11.8 Å². The van der Waals surface area contributed by atoms with Gasteiger partial charge in [-0.2, -0.15) is 0 Å². The number of aromatic nitrogens is 1. The number of aromatic carboxylic acids is 1. The van der Waals surface area contributed by atoms with Crippen molar-refractivity contribution in [2.75, 3.05) is 4.72 Å². The van der Waals surface area contributed by atoms with Gasteiger partial charge in [-0.15, -0.1) is 11.3 Å². The summed E-state index contributed by atoms with van der Waals surface area (Å²) in [6.07, 6.45) is 0. The van der Waals surface area contributed by atoms with E-state index in [4.69, 9.17) is 5.11 Å². The van der Waals surface area contributed by atoms with Gasteiger partial charge in [0, 0.05) is 9.85 Å². The minimum atomic E-state index is -4.28. The van der Waals surface area contributed by atoms with Crippen LogP contribution >= 0.6 is 27.3 Å². The fourth-order valence-electron chi connectivity index (χ4n) is 1.49. The molecule has 0 amide bonds. The Morgan fingerprint density at radius 2 is 2.14 bits per heavy atom. The maximum Gasteiger partial charge on any atom is 0.338 e. The van der Waals surface area contributed by atoms with Crippen LogP contribution in [0.15, 0.2) is 26.9 Å². The number of carboxylic acid groups (broad SMARTS) is 1. The minimum absolute atomic E-state index is 0.0729. The number of carbonyl (C=O) groups is 1. The molecule has 0 saturated carbocycles. The first-order chi connectivity index (χ1) is 9.70. The number of benzene rings is 1. The lowest BCUT2D eigenvalue weighted by Crippen LogP contribution is -2.16. The maximum atomic E-state index is 14.1. The van der Waals surface area contributed by atoms with Crippen molar-refractivity contribution in [2.24, 2.45) is 0 Å². The van der Waals surface area contributed by atoms with E-state index in [1.807, 2.05) is 0 Å². The number of nitrogens with zero attached hydrogens (tertiary/aromatic N) is 1. The highest BCUT2D eigenvalue weighted by Gasteiger charge is 2.25. The molecule has 21 heavy (non-hydrogen) atoms. The number of anilines is 1. The van der Waals surface area contributed by atoms with E-state index in [-0.39, 0.29) is 9.60 Å². The number of rotatable bonds is 4. The largest absolute Gasteiger partial charge is 0.478 e. The lowest BCUT2D eigenvalue weighted by Gasteiger charge is -2.09. The Morgan fingerprint density at radius 1 is 1.48 bits per heavy atom. The summed E-state index contributed by atoms with van der Waals surface area (Å²) in [7, 11) is -4.28. The van der Waals surface area contributed by atoms with Gasteiger partial charge in [0.15, 0.2) is 10.9 Å². The molecule has 1 aromatic carbocycles. The Kier molecular flexibility index (Phi) is 4.30. The molecule has 0 aliphatic carbocycles. The monoisotopic (exact) mass is 394 g/mol. The summed E-state index contributed by atoms with van der Waals surface area (Å²) in [6.45, 7) is 1.68. The van der Waals surface area contributed by atoms with E-state index in [9.17, 15) is 17.6 Å². The summed E-state index contributed by atoms with van der Waals surface area (Å²) >= 11 is 4.00. The van der Waals surface area contributed by atoms with Crippen LogP contribution < -0.4 is 4.72 Å². The zero-order valence-electron chi connectivity index (χ0n) is 10.4. The second kappa shape index (κ2) is 5.70. The highest BCUT2D eigenvalue weighted by atomic mass is 79.9. The molecule has 0 radical (unpaired) electrons. The molecule has 0 fully saturated rings. The summed E-state index contributed by atoms with van der Waals surface area (Å²) in [6, 6.07) is 1.98. The number of hydrogen-bond acceptors (Lipinski definition) is 5. The van der Waals surface area contributed by atoms with Crippen LogP contribution in [0, 0.1) is 12.7 Å². The van der Waals surface area contributed by atoms with Crippen LogP contribution in [-0.4, -0.2) is 24.5 Å². The van der Waals surface area contributed by atoms with E-state index in [1.54, 1.807) is 12.3 Å². The maximum absolute atomic E-state index is 14.1. The van der Waals surface area contributed by atoms with E-state index in [2.05, 4.69) is 25.6 Å². The van der Waals surface area contributed by atoms with Crippen molar-refractivity contribution in [1.82, 2.24) is 4.98 Å². The SMILES string of the molecule is Cc1csc(NS(=O)(=O)c2cc(Br)cc(C(=O)O)c2F)n1. The molecule has 2 N–H and O–H groups in total. The standard InChI is InChI=1S/C11H8BrFN2O4S2/c1-5-4-20-11(14-5)15-21(18,19)8-3-6(12)2-7(9(8)13)10(16)17/h2-4H,1H3,(H,14,15)(H,16,17). The first-order valence-corrected chi connectivity index (χ1v) is 8.53. The van der Waals surface area contributed by atoms with Crippen LogP contribution in [0.1, 0.15) is 16.1 Å². The smallest absolute Gasteiger partial charge is 0.338 e. The average molecular weight is 395 g/mol. The Labute approximate surface area is 131 Å². The van der Waals surface area contributed by atoms with Gasteiger partial charge >= 0.3 is 5.97 Å². The number of sulfonamides is 1. The number of aryl methyl sites for hydroxylation is 1. The number of nitrogens with one attached hydrogen (secondary N) is 1. The zero-order chi connectivity index (χ0) is 15.8. The third kappa shape index (κ3) is 3.39. The molecule has 0 spiro atoms. The van der Waals surface area contributed by atoms with Gasteiger partial charge in [-0.05, 0) is 19.1 Å². The third-order valence-electron chi connectivity index (χ3n) is 2.36. The molecule has 1 aromatic heterocycles. The van der Waals surface area contributed by atoms with Gasteiger partial charge in [-0.25, -0.2) is 22.6 Å². The van der Waals surface area contributed by atoms with Crippen molar-refractivity contribution in [3.63, 3.8) is 0 Å². The van der Waals surface area contributed by atoms with Crippen molar-refractivity contribution in [3.05, 3.63) is 39.1 Å². The second-order valence-corrected chi connectivity index (χ2v) is 7.39. The fourth-order valence-corrected chi connectivity index (χ4v) is 4.16.